The number of anilines is 1. The molecule has 1 N–H and O–H groups in total. The van der Waals surface area contributed by atoms with Gasteiger partial charge in [0, 0.05) is 43.2 Å². The number of nitrogens with zero attached hydrogens (tertiary/aromatic N) is 3. The Morgan fingerprint density at radius 3 is 2.91 bits per heavy atom. The van der Waals surface area contributed by atoms with Gasteiger partial charge in [-0.3, -0.25) is 0 Å². The van der Waals surface area contributed by atoms with Crippen LogP contribution < -0.4 is 10.1 Å². The largest absolute Gasteiger partial charge is 0.477 e. The van der Waals surface area contributed by atoms with Crippen LogP contribution in [0.1, 0.15) is 48.2 Å². The molecule has 1 aliphatic heterocycles. The van der Waals surface area contributed by atoms with E-state index in [1.54, 1.807) is 10.7 Å². The van der Waals surface area contributed by atoms with Gasteiger partial charge >= 0.3 is 0 Å². The van der Waals surface area contributed by atoms with Crippen molar-refractivity contribution in [3.05, 3.63) is 69.8 Å². The number of halogens is 2. The maximum absolute atomic E-state index is 13.9. The average molecular weight is 471 g/mol. The number of Topliss-reactive ketones (excluding diaryl/α,β-unsaturated/α-hetero) is 1. The third-order valence-corrected chi connectivity index (χ3v) is 6.01. The summed E-state index contributed by atoms with van der Waals surface area (Å²) in [5, 5.41) is 8.21. The molecule has 0 aliphatic carbocycles. The van der Waals surface area contributed by atoms with Gasteiger partial charge in [-0.15, -0.1) is 0 Å². The molecule has 1 unspecified atom stereocenters. The second-order valence-corrected chi connectivity index (χ2v) is 8.98. The quantitative estimate of drug-likeness (QED) is 0.482. The summed E-state index contributed by atoms with van der Waals surface area (Å²) in [5.74, 6) is 1.02. The fourth-order valence-electron chi connectivity index (χ4n) is 4.23. The minimum atomic E-state index is -0.415. The van der Waals surface area contributed by atoms with Crippen LogP contribution in [0.5, 0.6) is 5.88 Å². The lowest BCUT2D eigenvalue weighted by Gasteiger charge is -2.17. The molecule has 4 rings (SSSR count). The molecule has 6 nitrogen and oxygen atoms in total. The summed E-state index contributed by atoms with van der Waals surface area (Å²) in [6.45, 7) is 2.97. The van der Waals surface area contributed by atoms with Gasteiger partial charge in [0.1, 0.15) is 17.4 Å². The van der Waals surface area contributed by atoms with E-state index in [2.05, 4.69) is 22.5 Å². The minimum absolute atomic E-state index is 0.0276. The first kappa shape index (κ1) is 23.2. The summed E-state index contributed by atoms with van der Waals surface area (Å²) in [7, 11) is 1.82. The number of nitrogens with one attached hydrogen (secondary N) is 1. The van der Waals surface area contributed by atoms with Crippen LogP contribution in [0.3, 0.4) is 0 Å². The molecule has 1 aliphatic rings. The summed E-state index contributed by atoms with van der Waals surface area (Å²) in [6, 6.07) is 10.5. The van der Waals surface area contributed by atoms with Crippen molar-refractivity contribution in [3.8, 4) is 5.88 Å². The summed E-state index contributed by atoms with van der Waals surface area (Å²) in [4.78, 5) is 16.5. The van der Waals surface area contributed by atoms with E-state index in [-0.39, 0.29) is 18.1 Å². The van der Waals surface area contributed by atoms with Crippen molar-refractivity contribution in [2.45, 2.75) is 44.9 Å². The van der Waals surface area contributed by atoms with E-state index in [1.165, 1.54) is 24.6 Å². The van der Waals surface area contributed by atoms with Gasteiger partial charge in [-0.05, 0) is 67.5 Å². The molecule has 0 radical (unpaired) electrons. The smallest absolute Gasteiger partial charge is 0.211 e. The molecule has 3 heterocycles. The van der Waals surface area contributed by atoms with Crippen LogP contribution in [0.4, 0.5) is 10.2 Å². The molecule has 8 heteroatoms. The second kappa shape index (κ2) is 10.3. The SMILES string of the molecule is CC(=O)CC(Cc1cc(OCCc2ccc3c(n2)NCCC3)n(C)n1)c1cc(F)cc(Cl)c1. The van der Waals surface area contributed by atoms with E-state index in [0.717, 1.165) is 36.6 Å². The summed E-state index contributed by atoms with van der Waals surface area (Å²) in [6.07, 6.45) is 3.65. The molecule has 0 saturated carbocycles. The number of benzene rings is 1. The number of hydrogen-bond donors (Lipinski definition) is 1. The van der Waals surface area contributed by atoms with Gasteiger partial charge in [-0.2, -0.15) is 5.10 Å². The maximum Gasteiger partial charge on any atom is 0.211 e. The number of carbonyl (C=O) groups excluding carboxylic acids is 1. The summed E-state index contributed by atoms with van der Waals surface area (Å²) < 4.78 is 21.5. The number of fused-ring (bicyclic) bond motifs is 1. The first-order valence-electron chi connectivity index (χ1n) is 11.2. The van der Waals surface area contributed by atoms with Crippen molar-refractivity contribution in [1.82, 2.24) is 14.8 Å². The van der Waals surface area contributed by atoms with Gasteiger partial charge < -0.3 is 14.8 Å². The van der Waals surface area contributed by atoms with Crippen molar-refractivity contribution < 1.29 is 13.9 Å². The minimum Gasteiger partial charge on any atom is -0.477 e. The Hall–Kier alpha value is -2.93. The number of rotatable bonds is 9. The topological polar surface area (TPSA) is 69.0 Å². The molecule has 0 fully saturated rings. The fraction of sp³-hybridized carbons (Fsp3) is 0.400. The molecule has 0 spiro atoms. The standard InChI is InChI=1S/C25H28ClFN4O2/c1-16(32)10-18(19-11-20(26)14-21(27)12-19)13-23-15-24(31(2)30-23)33-9-7-22-6-5-17-4-3-8-28-25(17)29-22/h5-6,11-12,14-15,18H,3-4,7-10,13H2,1-2H3,(H,28,29). The summed E-state index contributed by atoms with van der Waals surface area (Å²) >= 11 is 6.04. The lowest BCUT2D eigenvalue weighted by molar-refractivity contribution is -0.117. The van der Waals surface area contributed by atoms with Crippen LogP contribution in [0.25, 0.3) is 0 Å². The molecule has 2 aromatic heterocycles. The molecule has 1 atom stereocenters. The monoisotopic (exact) mass is 470 g/mol. The van der Waals surface area contributed by atoms with Crippen molar-refractivity contribution in [2.75, 3.05) is 18.5 Å². The third kappa shape index (κ3) is 6.11. The van der Waals surface area contributed by atoms with Gasteiger partial charge in [0.15, 0.2) is 0 Å². The van der Waals surface area contributed by atoms with Crippen LogP contribution in [0, 0.1) is 5.82 Å². The molecule has 33 heavy (non-hydrogen) atoms. The third-order valence-electron chi connectivity index (χ3n) is 5.79. The molecule has 174 valence electrons. The van der Waals surface area contributed by atoms with Crippen molar-refractivity contribution >= 4 is 23.2 Å². The van der Waals surface area contributed by atoms with Crippen LogP contribution in [0.2, 0.25) is 5.02 Å². The van der Waals surface area contributed by atoms with Gasteiger partial charge in [0.2, 0.25) is 5.88 Å². The normalized spacial score (nSPS) is 13.8. The molecule has 0 bridgehead atoms. The van der Waals surface area contributed by atoms with E-state index in [0.29, 0.717) is 35.9 Å². The van der Waals surface area contributed by atoms with Gasteiger partial charge in [-0.25, -0.2) is 14.1 Å². The highest BCUT2D eigenvalue weighted by Crippen LogP contribution is 2.29. The number of hydrogen-bond acceptors (Lipinski definition) is 5. The van der Waals surface area contributed by atoms with Gasteiger partial charge in [-0.1, -0.05) is 17.7 Å². The average Bonchev–Trinajstić information content (AvgIpc) is 3.11. The number of aryl methyl sites for hydroxylation is 2. The Bertz CT molecular complexity index is 1130. The van der Waals surface area contributed by atoms with Crippen molar-refractivity contribution in [1.29, 1.82) is 0 Å². The highest BCUT2D eigenvalue weighted by Gasteiger charge is 2.19. The number of aromatic nitrogens is 3. The zero-order valence-electron chi connectivity index (χ0n) is 18.9. The molecular weight excluding hydrogens is 443 g/mol. The molecule has 0 saturated heterocycles. The van der Waals surface area contributed by atoms with E-state index in [1.807, 2.05) is 13.1 Å². The predicted molar refractivity (Wildman–Crippen MR) is 127 cm³/mol. The van der Waals surface area contributed by atoms with E-state index in [9.17, 15) is 9.18 Å². The Morgan fingerprint density at radius 1 is 1.27 bits per heavy atom. The Balaban J connectivity index is 1.40. The Morgan fingerprint density at radius 2 is 2.12 bits per heavy atom. The lowest BCUT2D eigenvalue weighted by Crippen LogP contribution is -2.14. The van der Waals surface area contributed by atoms with Crippen LogP contribution >= 0.6 is 11.6 Å². The predicted octanol–water partition coefficient (Wildman–Crippen LogP) is 4.89. The number of ether oxygens (including phenoxy) is 1. The van der Waals surface area contributed by atoms with Crippen LogP contribution in [-0.2, 0) is 31.1 Å². The van der Waals surface area contributed by atoms with E-state index in [4.69, 9.17) is 21.3 Å². The highest BCUT2D eigenvalue weighted by molar-refractivity contribution is 6.30. The Labute approximate surface area is 198 Å². The molecular formula is C25H28ClFN4O2. The van der Waals surface area contributed by atoms with Gasteiger partial charge in [0.05, 0.1) is 12.3 Å². The van der Waals surface area contributed by atoms with Gasteiger partial charge in [0.25, 0.3) is 0 Å². The summed E-state index contributed by atoms with van der Waals surface area (Å²) in [5.41, 5.74) is 3.71. The van der Waals surface area contributed by atoms with Crippen molar-refractivity contribution in [2.24, 2.45) is 7.05 Å². The molecule has 1 aromatic carbocycles. The second-order valence-electron chi connectivity index (χ2n) is 8.55. The number of carbonyl (C=O) groups is 1. The lowest BCUT2D eigenvalue weighted by atomic mass is 9.90. The van der Waals surface area contributed by atoms with Crippen molar-refractivity contribution in [3.63, 3.8) is 0 Å². The first-order valence-corrected chi connectivity index (χ1v) is 11.6. The molecule has 0 amide bonds. The number of pyridine rings is 1. The maximum atomic E-state index is 13.9. The zero-order chi connectivity index (χ0) is 23.4. The van der Waals surface area contributed by atoms with Crippen LogP contribution in [-0.4, -0.2) is 33.7 Å². The van der Waals surface area contributed by atoms with E-state index >= 15 is 0 Å². The van der Waals surface area contributed by atoms with E-state index < -0.39 is 5.82 Å². The molecule has 3 aromatic rings. The van der Waals surface area contributed by atoms with Crippen LogP contribution in [0.15, 0.2) is 36.4 Å². The Kier molecular flexibility index (Phi) is 7.28. The highest BCUT2D eigenvalue weighted by atomic mass is 35.5. The zero-order valence-corrected chi connectivity index (χ0v) is 19.7. The number of ketones is 1. The fourth-order valence-corrected chi connectivity index (χ4v) is 4.46. The first-order chi connectivity index (χ1) is 15.9.